The molecule has 4 saturated heterocycles. The molecule has 5 rings (SSSR count). The van der Waals surface area contributed by atoms with Gasteiger partial charge in [0, 0.05) is 63.8 Å². The van der Waals surface area contributed by atoms with Gasteiger partial charge in [-0.05, 0) is 58.7 Å². The number of amides is 2. The number of hydrogen-bond acceptors (Lipinski definition) is 6. The van der Waals surface area contributed by atoms with E-state index in [2.05, 4.69) is 32.2 Å². The summed E-state index contributed by atoms with van der Waals surface area (Å²) in [5.74, 6) is 0.616. The Morgan fingerprint density at radius 1 is 0.900 bits per heavy atom. The predicted molar refractivity (Wildman–Crippen MR) is 115 cm³/mol. The summed E-state index contributed by atoms with van der Waals surface area (Å²) in [5, 5.41) is 2.22. The molecule has 4 heterocycles. The van der Waals surface area contributed by atoms with Crippen LogP contribution in [0.4, 0.5) is 0 Å². The second-order valence-corrected chi connectivity index (χ2v) is 10.1. The minimum absolute atomic E-state index is 0.00356. The Labute approximate surface area is 180 Å². The number of nitrogens with zero attached hydrogens (tertiary/aromatic N) is 5. The van der Waals surface area contributed by atoms with Crippen LogP contribution in [-0.2, 0) is 9.59 Å². The molecule has 1 N–H and O–H groups in total. The molecule has 0 aromatic rings. The number of likely N-dealkylation sites (N-methyl/N-ethyl adjacent to an activating group) is 1. The van der Waals surface area contributed by atoms with E-state index in [1.165, 1.54) is 25.9 Å². The molecule has 168 valence electrons. The zero-order valence-electron chi connectivity index (χ0n) is 18.6. The molecule has 0 bridgehead atoms. The van der Waals surface area contributed by atoms with Crippen LogP contribution in [0, 0.1) is 5.92 Å². The van der Waals surface area contributed by atoms with Gasteiger partial charge in [-0.3, -0.25) is 19.9 Å². The normalized spacial score (nSPS) is 37.3. The number of fused-ring (bicyclic) bond motifs is 3. The maximum absolute atomic E-state index is 13.3. The molecule has 1 saturated carbocycles. The van der Waals surface area contributed by atoms with Crippen molar-refractivity contribution >= 4 is 11.8 Å². The lowest BCUT2D eigenvalue weighted by Gasteiger charge is -2.51. The van der Waals surface area contributed by atoms with E-state index in [0.717, 1.165) is 58.4 Å². The number of carbonyl (C=O) groups excluding carboxylic acids is 2. The number of rotatable bonds is 2. The highest BCUT2D eigenvalue weighted by molar-refractivity contribution is 5.84. The predicted octanol–water partition coefficient (Wildman–Crippen LogP) is -0.187. The highest BCUT2D eigenvalue weighted by Gasteiger charge is 2.50. The van der Waals surface area contributed by atoms with Gasteiger partial charge in [0.25, 0.3) is 0 Å². The molecule has 30 heavy (non-hydrogen) atoms. The van der Waals surface area contributed by atoms with Crippen molar-refractivity contribution in [3.05, 3.63) is 0 Å². The number of piperidine rings is 1. The second kappa shape index (κ2) is 8.37. The van der Waals surface area contributed by atoms with Gasteiger partial charge in [-0.25, -0.2) is 5.01 Å². The summed E-state index contributed by atoms with van der Waals surface area (Å²) >= 11 is 0. The minimum atomic E-state index is -0.00356. The van der Waals surface area contributed by atoms with Gasteiger partial charge in [0.1, 0.15) is 6.04 Å². The van der Waals surface area contributed by atoms with Crippen molar-refractivity contribution in [2.24, 2.45) is 5.92 Å². The van der Waals surface area contributed by atoms with E-state index in [9.17, 15) is 9.59 Å². The third kappa shape index (κ3) is 3.66. The number of likely N-dealkylation sites (tertiary alicyclic amines) is 1. The van der Waals surface area contributed by atoms with Crippen LogP contribution in [0.1, 0.15) is 38.5 Å². The maximum atomic E-state index is 13.3. The fourth-order valence-corrected chi connectivity index (χ4v) is 6.59. The second-order valence-electron chi connectivity index (χ2n) is 10.1. The van der Waals surface area contributed by atoms with Gasteiger partial charge >= 0.3 is 0 Å². The standard InChI is InChI=1S/C22H38N6O2/c1-24-9-6-17(7-10-24)26-11-13-27(14-12-26)21(29)16-3-4-18-20(15-16)25(2)22(30)19-5-8-23-28(18)19/h16-20,23H,3-15H2,1-2H3. The lowest BCUT2D eigenvalue weighted by molar-refractivity contribution is -0.155. The van der Waals surface area contributed by atoms with Gasteiger partial charge in [-0.15, -0.1) is 0 Å². The van der Waals surface area contributed by atoms with E-state index < -0.39 is 0 Å². The highest BCUT2D eigenvalue weighted by Crippen LogP contribution is 2.37. The van der Waals surface area contributed by atoms with E-state index in [1.807, 2.05) is 11.9 Å². The summed E-state index contributed by atoms with van der Waals surface area (Å²) in [6.07, 6.45) is 6.16. The van der Waals surface area contributed by atoms with Crippen LogP contribution in [0.15, 0.2) is 0 Å². The molecule has 2 amide bonds. The molecule has 0 aromatic carbocycles. The van der Waals surface area contributed by atoms with Crippen molar-refractivity contribution in [3.8, 4) is 0 Å². The van der Waals surface area contributed by atoms with Crippen molar-refractivity contribution in [1.82, 2.24) is 30.0 Å². The molecule has 0 aromatic heterocycles. The molecule has 8 nitrogen and oxygen atoms in total. The Morgan fingerprint density at radius 3 is 2.37 bits per heavy atom. The quantitative estimate of drug-likeness (QED) is 0.671. The first-order valence-corrected chi connectivity index (χ1v) is 12.0. The largest absolute Gasteiger partial charge is 0.340 e. The van der Waals surface area contributed by atoms with Gasteiger partial charge in [0.15, 0.2) is 0 Å². The Hall–Kier alpha value is -1.22. The smallest absolute Gasteiger partial charge is 0.241 e. The Balaban J connectivity index is 1.16. The molecular weight excluding hydrogens is 380 g/mol. The van der Waals surface area contributed by atoms with Crippen LogP contribution in [0.3, 0.4) is 0 Å². The van der Waals surface area contributed by atoms with E-state index in [4.69, 9.17) is 0 Å². The first-order chi connectivity index (χ1) is 14.5. The molecule has 4 atom stereocenters. The Morgan fingerprint density at radius 2 is 1.63 bits per heavy atom. The average Bonchev–Trinajstić information content (AvgIpc) is 3.27. The van der Waals surface area contributed by atoms with E-state index in [-0.39, 0.29) is 23.9 Å². The lowest BCUT2D eigenvalue weighted by atomic mass is 9.78. The lowest BCUT2D eigenvalue weighted by Crippen LogP contribution is -2.67. The molecule has 0 spiro atoms. The van der Waals surface area contributed by atoms with E-state index >= 15 is 0 Å². The molecule has 5 aliphatic rings. The number of hydrogen-bond donors (Lipinski definition) is 1. The third-order valence-electron chi connectivity index (χ3n) is 8.50. The van der Waals surface area contributed by atoms with Crippen LogP contribution < -0.4 is 5.43 Å². The van der Waals surface area contributed by atoms with Crippen LogP contribution in [-0.4, -0.2) is 120 Å². The molecule has 5 fully saturated rings. The number of carbonyl (C=O) groups is 2. The fourth-order valence-electron chi connectivity index (χ4n) is 6.59. The topological polar surface area (TPSA) is 62.4 Å². The van der Waals surface area contributed by atoms with Crippen LogP contribution in [0.25, 0.3) is 0 Å². The zero-order valence-corrected chi connectivity index (χ0v) is 18.6. The van der Waals surface area contributed by atoms with Crippen LogP contribution >= 0.6 is 0 Å². The summed E-state index contributed by atoms with van der Waals surface area (Å²) in [7, 11) is 4.15. The monoisotopic (exact) mass is 418 g/mol. The Bertz CT molecular complexity index is 658. The average molecular weight is 419 g/mol. The summed E-state index contributed by atoms with van der Waals surface area (Å²) in [6, 6.07) is 1.20. The van der Waals surface area contributed by atoms with Crippen LogP contribution in [0.2, 0.25) is 0 Å². The minimum Gasteiger partial charge on any atom is -0.340 e. The van der Waals surface area contributed by atoms with Crippen molar-refractivity contribution < 1.29 is 9.59 Å². The summed E-state index contributed by atoms with van der Waals surface area (Å²) in [4.78, 5) is 35.2. The van der Waals surface area contributed by atoms with Gasteiger partial charge in [0.05, 0.1) is 0 Å². The maximum Gasteiger partial charge on any atom is 0.241 e. The third-order valence-corrected chi connectivity index (χ3v) is 8.50. The van der Waals surface area contributed by atoms with Gasteiger partial charge in [-0.2, -0.15) is 0 Å². The first kappa shape index (κ1) is 20.7. The van der Waals surface area contributed by atoms with Crippen molar-refractivity contribution in [1.29, 1.82) is 0 Å². The zero-order chi connectivity index (χ0) is 20.8. The molecular formula is C22H38N6O2. The first-order valence-electron chi connectivity index (χ1n) is 12.0. The summed E-state index contributed by atoms with van der Waals surface area (Å²) < 4.78 is 0. The molecule has 1 aliphatic carbocycles. The van der Waals surface area contributed by atoms with E-state index in [1.54, 1.807) is 0 Å². The SMILES string of the molecule is CN1CCC(N2CCN(C(=O)C3CCC4C(C3)N(C)C(=O)C3CCNN34)CC2)CC1. The molecule has 4 unspecified atom stereocenters. The number of hydrazine groups is 1. The van der Waals surface area contributed by atoms with Crippen LogP contribution in [0.5, 0.6) is 0 Å². The fraction of sp³-hybridized carbons (Fsp3) is 0.909. The number of nitrogens with one attached hydrogen (secondary N) is 1. The van der Waals surface area contributed by atoms with Gasteiger partial charge < -0.3 is 14.7 Å². The number of piperazine rings is 2. The van der Waals surface area contributed by atoms with Crippen molar-refractivity contribution in [2.75, 3.05) is 59.9 Å². The van der Waals surface area contributed by atoms with Crippen molar-refractivity contribution in [3.63, 3.8) is 0 Å². The molecule has 8 heteroatoms. The highest BCUT2D eigenvalue weighted by atomic mass is 16.2. The molecule has 0 radical (unpaired) electrons. The summed E-state index contributed by atoms with van der Waals surface area (Å²) in [6.45, 7) is 7.01. The Kier molecular flexibility index (Phi) is 5.77. The van der Waals surface area contributed by atoms with E-state index in [0.29, 0.717) is 18.0 Å². The summed E-state index contributed by atoms with van der Waals surface area (Å²) in [5.41, 5.74) is 3.44. The van der Waals surface area contributed by atoms with Crippen molar-refractivity contribution in [2.45, 2.75) is 62.7 Å². The van der Waals surface area contributed by atoms with Gasteiger partial charge in [-0.1, -0.05) is 0 Å². The molecule has 4 aliphatic heterocycles. The van der Waals surface area contributed by atoms with Gasteiger partial charge in [0.2, 0.25) is 11.8 Å².